The summed E-state index contributed by atoms with van der Waals surface area (Å²) < 4.78 is 0. The third-order valence-corrected chi connectivity index (χ3v) is 3.45. The molecule has 1 aliphatic carbocycles. The molecule has 0 spiro atoms. The average molecular weight is 166 g/mol. The van der Waals surface area contributed by atoms with Gasteiger partial charge in [-0.25, -0.2) is 0 Å². The first-order valence-electron chi connectivity index (χ1n) is 5.07. The van der Waals surface area contributed by atoms with Crippen LogP contribution < -0.4 is 0 Å². The van der Waals surface area contributed by atoms with Crippen LogP contribution in [0.5, 0.6) is 0 Å². The first-order chi connectivity index (χ1) is 5.52. The zero-order chi connectivity index (χ0) is 8.82. The third kappa shape index (κ3) is 1.39. The van der Waals surface area contributed by atoms with Crippen molar-refractivity contribution in [1.82, 2.24) is 4.90 Å². The van der Waals surface area contributed by atoms with Crippen LogP contribution in [0.3, 0.4) is 0 Å². The summed E-state index contributed by atoms with van der Waals surface area (Å²) in [6.07, 6.45) is 6.85. The molecule has 0 amide bonds. The molecule has 2 unspecified atom stereocenters. The molecule has 69 valence electrons. The second-order valence-corrected chi connectivity index (χ2v) is 5.48. The Morgan fingerprint density at radius 2 is 1.58 bits per heavy atom. The maximum atomic E-state index is 2.63. The van der Waals surface area contributed by atoms with Crippen molar-refractivity contribution in [3.63, 3.8) is 0 Å². The van der Waals surface area contributed by atoms with Gasteiger partial charge in [-0.15, -0.1) is 0 Å². The van der Waals surface area contributed by atoms with Crippen LogP contribution in [0.15, 0.2) is 0 Å². The molecule has 0 aromatic heterocycles. The van der Waals surface area contributed by atoms with Crippen LogP contribution in [-0.4, -0.2) is 25.0 Å². The van der Waals surface area contributed by atoms with E-state index in [1.54, 1.807) is 0 Å². The zero-order valence-electron chi connectivity index (χ0n) is 8.56. The van der Waals surface area contributed by atoms with Crippen LogP contribution in [0.25, 0.3) is 0 Å². The van der Waals surface area contributed by atoms with Gasteiger partial charge in [-0.1, -0.05) is 20.3 Å². The number of rotatable bonds is 0. The molecule has 1 saturated heterocycles. The van der Waals surface area contributed by atoms with Crippen molar-refractivity contribution in [1.29, 1.82) is 0 Å². The highest BCUT2D eigenvalue weighted by Gasteiger charge is 2.44. The lowest BCUT2D eigenvalue weighted by Crippen LogP contribution is -2.51. The molecule has 1 aliphatic heterocycles. The van der Waals surface area contributed by atoms with Gasteiger partial charge in [0.05, 0.1) is 0 Å². The zero-order valence-corrected chi connectivity index (χ0v) is 8.56. The third-order valence-electron chi connectivity index (χ3n) is 3.45. The van der Waals surface area contributed by atoms with Gasteiger partial charge in [0.15, 0.2) is 0 Å². The number of nitrogens with zero attached hydrogens (tertiary/aromatic N) is 1. The summed E-state index contributed by atoms with van der Waals surface area (Å²) in [7, 11) is 2.26. The second kappa shape index (κ2) is 2.47. The Morgan fingerprint density at radius 3 is 2.08 bits per heavy atom. The van der Waals surface area contributed by atoms with E-state index in [-0.39, 0.29) is 0 Å². The fourth-order valence-corrected chi connectivity index (χ4v) is 3.42. The molecule has 0 N–H and O–H groups in total. The monoisotopic (exact) mass is 166 g/mol. The molecule has 2 bridgehead atoms. The molecule has 1 heterocycles. The number of piperidine rings is 1. The molecule has 12 heavy (non-hydrogen) atoms. The van der Waals surface area contributed by atoms with Gasteiger partial charge in [-0.3, -0.25) is 0 Å². The second-order valence-electron chi connectivity index (χ2n) is 5.48. The van der Waals surface area contributed by atoms with E-state index in [9.17, 15) is 0 Å². The van der Waals surface area contributed by atoms with Crippen molar-refractivity contribution in [3.05, 3.63) is 6.42 Å². The predicted octanol–water partition coefficient (Wildman–Crippen LogP) is 2.33. The number of hydrogen-bond donors (Lipinski definition) is 0. The summed E-state index contributed by atoms with van der Waals surface area (Å²) >= 11 is 0. The maximum Gasteiger partial charge on any atom is 0.00355 e. The van der Waals surface area contributed by atoms with Gasteiger partial charge in [0.1, 0.15) is 0 Å². The van der Waals surface area contributed by atoms with Crippen LogP contribution >= 0.6 is 0 Å². The van der Waals surface area contributed by atoms with Gasteiger partial charge in [-0.2, -0.15) is 0 Å². The quantitative estimate of drug-likeness (QED) is 0.534. The fourth-order valence-electron chi connectivity index (χ4n) is 3.42. The molecule has 0 aromatic rings. The largest absolute Gasteiger partial charge is 0.305 e. The SMILES string of the molecule is CN1CC2(C)[CH]C(C)(CCC2)C1. The minimum absolute atomic E-state index is 0.514. The summed E-state index contributed by atoms with van der Waals surface area (Å²) in [4.78, 5) is 2.50. The summed E-state index contributed by atoms with van der Waals surface area (Å²) in [6, 6.07) is 0. The van der Waals surface area contributed by atoms with Crippen LogP contribution in [-0.2, 0) is 0 Å². The fraction of sp³-hybridized carbons (Fsp3) is 0.909. The highest BCUT2D eigenvalue weighted by Crippen LogP contribution is 2.49. The highest BCUT2D eigenvalue weighted by molar-refractivity contribution is 5.09. The minimum Gasteiger partial charge on any atom is -0.305 e. The highest BCUT2D eigenvalue weighted by atomic mass is 15.1. The Bertz CT molecular complexity index is 171. The van der Waals surface area contributed by atoms with Crippen molar-refractivity contribution in [2.24, 2.45) is 10.8 Å². The van der Waals surface area contributed by atoms with Crippen molar-refractivity contribution >= 4 is 0 Å². The van der Waals surface area contributed by atoms with Crippen LogP contribution in [0, 0.1) is 17.3 Å². The van der Waals surface area contributed by atoms with Gasteiger partial charge in [0.25, 0.3) is 0 Å². The molecule has 2 rings (SSSR count). The van der Waals surface area contributed by atoms with Gasteiger partial charge in [-0.05, 0) is 37.1 Å². The van der Waals surface area contributed by atoms with Crippen LogP contribution in [0.4, 0.5) is 0 Å². The topological polar surface area (TPSA) is 3.24 Å². The summed E-state index contributed by atoms with van der Waals surface area (Å²) in [6.45, 7) is 7.37. The minimum atomic E-state index is 0.514. The molecule has 2 atom stereocenters. The summed E-state index contributed by atoms with van der Waals surface area (Å²) in [5.41, 5.74) is 1.03. The lowest BCUT2D eigenvalue weighted by molar-refractivity contribution is 0.0404. The van der Waals surface area contributed by atoms with Crippen molar-refractivity contribution in [2.75, 3.05) is 20.1 Å². The molecule has 2 fully saturated rings. The van der Waals surface area contributed by atoms with Crippen molar-refractivity contribution in [2.45, 2.75) is 33.1 Å². The molecule has 1 heteroatoms. The summed E-state index contributed by atoms with van der Waals surface area (Å²) in [5, 5.41) is 0. The van der Waals surface area contributed by atoms with E-state index in [0.717, 1.165) is 0 Å². The van der Waals surface area contributed by atoms with E-state index >= 15 is 0 Å². The Kier molecular flexibility index (Phi) is 1.76. The number of likely N-dealkylation sites (tertiary alicyclic amines) is 1. The Morgan fingerprint density at radius 1 is 1.08 bits per heavy atom. The molecule has 1 saturated carbocycles. The molecule has 1 radical (unpaired) electrons. The Hall–Kier alpha value is -0.0400. The van der Waals surface area contributed by atoms with Crippen LogP contribution in [0.2, 0.25) is 0 Å². The van der Waals surface area contributed by atoms with Gasteiger partial charge in [0.2, 0.25) is 0 Å². The molecule has 2 aliphatic rings. The lowest BCUT2D eigenvalue weighted by Gasteiger charge is -2.52. The Labute approximate surface area is 76.1 Å². The van der Waals surface area contributed by atoms with Crippen molar-refractivity contribution in [3.8, 4) is 0 Å². The number of hydrogen-bond acceptors (Lipinski definition) is 1. The predicted molar refractivity (Wildman–Crippen MR) is 51.9 cm³/mol. The van der Waals surface area contributed by atoms with Gasteiger partial charge >= 0.3 is 0 Å². The smallest absolute Gasteiger partial charge is 0.00355 e. The molecule has 0 aromatic carbocycles. The lowest BCUT2D eigenvalue weighted by atomic mass is 9.61. The number of fused-ring (bicyclic) bond motifs is 2. The van der Waals surface area contributed by atoms with E-state index in [1.165, 1.54) is 32.4 Å². The maximum absolute atomic E-state index is 2.63. The van der Waals surface area contributed by atoms with Crippen molar-refractivity contribution < 1.29 is 0 Å². The molecule has 1 nitrogen and oxygen atoms in total. The van der Waals surface area contributed by atoms with E-state index in [1.807, 2.05) is 0 Å². The van der Waals surface area contributed by atoms with Gasteiger partial charge < -0.3 is 4.90 Å². The first-order valence-corrected chi connectivity index (χ1v) is 5.07. The normalized spacial score (nSPS) is 49.2. The average Bonchev–Trinajstić information content (AvgIpc) is 1.79. The molecular weight excluding hydrogens is 146 g/mol. The van der Waals surface area contributed by atoms with Gasteiger partial charge in [0, 0.05) is 13.1 Å². The standard InChI is InChI=1S/C11H20N/c1-10-5-4-6-11(2,7-10)9-12(3)8-10/h7H,4-6,8-9H2,1-3H3. The Balaban J connectivity index is 2.19. The van der Waals surface area contributed by atoms with E-state index < -0.39 is 0 Å². The van der Waals surface area contributed by atoms with E-state index in [4.69, 9.17) is 0 Å². The molecular formula is C11H20N. The first kappa shape index (κ1) is 8.55. The van der Waals surface area contributed by atoms with Crippen LogP contribution in [0.1, 0.15) is 33.1 Å². The van der Waals surface area contributed by atoms with E-state index in [2.05, 4.69) is 32.2 Å². The van der Waals surface area contributed by atoms with E-state index in [0.29, 0.717) is 10.8 Å². The summed E-state index contributed by atoms with van der Waals surface area (Å²) in [5.74, 6) is 0.